The van der Waals surface area contributed by atoms with Gasteiger partial charge in [-0.1, -0.05) is 76.8 Å². The number of hydrogen-bond acceptors (Lipinski definition) is 2. The van der Waals surface area contributed by atoms with Crippen molar-refractivity contribution in [2.45, 2.75) is 104 Å². The normalized spacial score (nSPS) is 39.3. The summed E-state index contributed by atoms with van der Waals surface area (Å²) in [5, 5.41) is 20.8. The van der Waals surface area contributed by atoms with Gasteiger partial charge >= 0.3 is 0 Å². The molecule has 0 bridgehead atoms. The van der Waals surface area contributed by atoms with Crippen LogP contribution in [0, 0.1) is 29.1 Å². The van der Waals surface area contributed by atoms with Crippen LogP contribution in [0.5, 0.6) is 0 Å². The number of fused-ring (bicyclic) bond motifs is 1. The van der Waals surface area contributed by atoms with E-state index in [0.717, 1.165) is 49.9 Å². The summed E-state index contributed by atoms with van der Waals surface area (Å²) >= 11 is 0. The maximum absolute atomic E-state index is 10.8. The molecule has 0 heterocycles. The van der Waals surface area contributed by atoms with Crippen LogP contribution < -0.4 is 0 Å². The molecule has 2 nitrogen and oxygen atoms in total. The summed E-state index contributed by atoms with van der Waals surface area (Å²) in [5.74, 6) is 2.85. The van der Waals surface area contributed by atoms with Crippen molar-refractivity contribution in [2.24, 2.45) is 29.1 Å². The van der Waals surface area contributed by atoms with Gasteiger partial charge in [-0.2, -0.15) is 0 Å². The Morgan fingerprint density at radius 1 is 1.03 bits per heavy atom. The Morgan fingerprint density at radius 3 is 2.52 bits per heavy atom. The van der Waals surface area contributed by atoms with Crippen LogP contribution in [0.4, 0.5) is 0 Å². The molecule has 2 heteroatoms. The van der Waals surface area contributed by atoms with Crippen molar-refractivity contribution >= 4 is 0 Å². The van der Waals surface area contributed by atoms with Crippen molar-refractivity contribution in [1.82, 2.24) is 0 Å². The average molecular weight is 401 g/mol. The van der Waals surface area contributed by atoms with Gasteiger partial charge in [-0.15, -0.1) is 0 Å². The van der Waals surface area contributed by atoms with E-state index in [0.29, 0.717) is 5.92 Å². The molecule has 0 aromatic rings. The molecule has 2 N–H and O–H groups in total. The van der Waals surface area contributed by atoms with Crippen molar-refractivity contribution in [3.63, 3.8) is 0 Å². The summed E-state index contributed by atoms with van der Waals surface area (Å²) in [4.78, 5) is 0. The SMILES string of the molecule is C=C1CC[C@@H](O)C/C1=C/C=C1\C[C@H](O)C[C@]2(C)[C@@H]([C@H](C)CCCC(C)C)CC[C@@H]12. The summed E-state index contributed by atoms with van der Waals surface area (Å²) < 4.78 is 0. The first kappa shape index (κ1) is 22.8. The van der Waals surface area contributed by atoms with Crippen LogP contribution in [0.25, 0.3) is 0 Å². The van der Waals surface area contributed by atoms with Crippen LogP contribution in [-0.2, 0) is 0 Å². The van der Waals surface area contributed by atoms with Gasteiger partial charge in [0.1, 0.15) is 0 Å². The fraction of sp³-hybridized carbons (Fsp3) is 0.778. The Balaban J connectivity index is 1.75. The summed E-state index contributed by atoms with van der Waals surface area (Å²) in [5.41, 5.74) is 4.04. The number of allylic oxidation sites excluding steroid dienone is 3. The van der Waals surface area contributed by atoms with E-state index >= 15 is 0 Å². The molecule has 0 amide bonds. The second kappa shape index (κ2) is 9.52. The summed E-state index contributed by atoms with van der Waals surface area (Å²) in [6.45, 7) is 13.8. The molecule has 3 fully saturated rings. The molecule has 164 valence electrons. The lowest BCUT2D eigenvalue weighted by Gasteiger charge is -2.46. The molecular weight excluding hydrogens is 356 g/mol. The Labute approximate surface area is 179 Å². The van der Waals surface area contributed by atoms with Gasteiger partial charge in [-0.25, -0.2) is 0 Å². The summed E-state index contributed by atoms with van der Waals surface area (Å²) in [6.07, 6.45) is 14.8. The van der Waals surface area contributed by atoms with E-state index in [1.165, 1.54) is 48.8 Å². The van der Waals surface area contributed by atoms with Crippen LogP contribution >= 0.6 is 0 Å². The van der Waals surface area contributed by atoms with Crippen LogP contribution in [0.3, 0.4) is 0 Å². The Hall–Kier alpha value is -0.860. The zero-order valence-corrected chi connectivity index (χ0v) is 19.3. The topological polar surface area (TPSA) is 40.5 Å². The van der Waals surface area contributed by atoms with E-state index in [9.17, 15) is 10.2 Å². The number of aliphatic hydroxyl groups is 2. The predicted molar refractivity (Wildman–Crippen MR) is 123 cm³/mol. The lowest BCUT2D eigenvalue weighted by atomic mass is 9.60. The van der Waals surface area contributed by atoms with E-state index in [2.05, 4.69) is 46.4 Å². The molecular formula is C27H44O2. The zero-order chi connectivity index (χ0) is 21.2. The summed E-state index contributed by atoms with van der Waals surface area (Å²) in [6, 6.07) is 0. The first-order valence-corrected chi connectivity index (χ1v) is 12.1. The van der Waals surface area contributed by atoms with E-state index in [1.54, 1.807) is 0 Å². The largest absolute Gasteiger partial charge is 0.393 e. The monoisotopic (exact) mass is 400 g/mol. The fourth-order valence-electron chi connectivity index (χ4n) is 6.72. The smallest absolute Gasteiger partial charge is 0.0583 e. The van der Waals surface area contributed by atoms with Crippen molar-refractivity contribution in [2.75, 3.05) is 0 Å². The van der Waals surface area contributed by atoms with Gasteiger partial charge < -0.3 is 10.2 Å². The van der Waals surface area contributed by atoms with Crippen molar-refractivity contribution in [3.05, 3.63) is 35.5 Å². The second-order valence-electron chi connectivity index (χ2n) is 11.0. The van der Waals surface area contributed by atoms with Crippen LogP contribution in [0.1, 0.15) is 91.9 Å². The van der Waals surface area contributed by atoms with Crippen LogP contribution in [0.2, 0.25) is 0 Å². The van der Waals surface area contributed by atoms with Crippen molar-refractivity contribution < 1.29 is 10.2 Å². The van der Waals surface area contributed by atoms with E-state index in [-0.39, 0.29) is 17.6 Å². The van der Waals surface area contributed by atoms with Gasteiger partial charge in [0.15, 0.2) is 0 Å². The third-order valence-electron chi connectivity index (χ3n) is 8.32. The average Bonchev–Trinajstić information content (AvgIpc) is 2.98. The van der Waals surface area contributed by atoms with Gasteiger partial charge in [0, 0.05) is 0 Å². The van der Waals surface area contributed by atoms with Crippen molar-refractivity contribution in [1.29, 1.82) is 0 Å². The third kappa shape index (κ3) is 5.25. The fourth-order valence-corrected chi connectivity index (χ4v) is 6.72. The number of aliphatic hydroxyl groups excluding tert-OH is 2. The molecule has 29 heavy (non-hydrogen) atoms. The molecule has 0 aliphatic heterocycles. The minimum absolute atomic E-state index is 0.218. The Bertz CT molecular complexity index is 643. The molecule has 0 radical (unpaired) electrons. The molecule has 3 rings (SSSR count). The van der Waals surface area contributed by atoms with Gasteiger partial charge in [0.05, 0.1) is 12.2 Å². The first-order valence-electron chi connectivity index (χ1n) is 12.1. The Morgan fingerprint density at radius 2 is 1.79 bits per heavy atom. The molecule has 0 aromatic heterocycles. The highest BCUT2D eigenvalue weighted by molar-refractivity contribution is 5.36. The van der Waals surface area contributed by atoms with Crippen molar-refractivity contribution in [3.8, 4) is 0 Å². The second-order valence-corrected chi connectivity index (χ2v) is 11.0. The quantitative estimate of drug-likeness (QED) is 0.528. The van der Waals surface area contributed by atoms with E-state index in [4.69, 9.17) is 0 Å². The maximum atomic E-state index is 10.8. The molecule has 0 saturated heterocycles. The predicted octanol–water partition coefficient (Wildman–Crippen LogP) is 6.59. The van der Waals surface area contributed by atoms with Gasteiger partial charge in [-0.05, 0) is 79.6 Å². The summed E-state index contributed by atoms with van der Waals surface area (Å²) in [7, 11) is 0. The van der Waals surface area contributed by atoms with Gasteiger partial charge in [0.2, 0.25) is 0 Å². The molecule has 3 aliphatic carbocycles. The highest BCUT2D eigenvalue weighted by atomic mass is 16.3. The molecule has 3 saturated carbocycles. The standard InChI is InChI=1S/C27H44O2/c1-18(2)7-6-8-20(4)25-13-14-26-22(16-24(29)17-27(25,26)5)11-10-21-15-23(28)12-9-19(21)3/h10-11,18,20,23-26,28-29H,3,6-9,12-17H2,1-2,4-5H3/b21-10-,22-11+/t20-,23-,24+,25-,26+,27-/m1/s1. The maximum Gasteiger partial charge on any atom is 0.0583 e. The highest BCUT2D eigenvalue weighted by Gasteiger charge is 2.52. The number of hydrogen-bond donors (Lipinski definition) is 2. The lowest BCUT2D eigenvalue weighted by molar-refractivity contribution is 0.0164. The van der Waals surface area contributed by atoms with Crippen LogP contribution in [0.15, 0.2) is 35.5 Å². The minimum Gasteiger partial charge on any atom is -0.393 e. The molecule has 0 aromatic carbocycles. The first-order chi connectivity index (χ1) is 13.7. The van der Waals surface area contributed by atoms with E-state index < -0.39 is 0 Å². The molecule has 6 atom stereocenters. The zero-order valence-electron chi connectivity index (χ0n) is 19.3. The minimum atomic E-state index is -0.227. The van der Waals surface area contributed by atoms with Crippen LogP contribution in [-0.4, -0.2) is 22.4 Å². The number of rotatable bonds is 6. The molecule has 0 unspecified atom stereocenters. The van der Waals surface area contributed by atoms with E-state index in [1.807, 2.05) is 0 Å². The highest BCUT2D eigenvalue weighted by Crippen LogP contribution is 2.60. The van der Waals surface area contributed by atoms with Gasteiger partial charge in [-0.3, -0.25) is 0 Å². The Kier molecular flexibility index (Phi) is 7.49. The molecule has 3 aliphatic rings. The van der Waals surface area contributed by atoms with Gasteiger partial charge in [0.25, 0.3) is 0 Å². The molecule has 0 spiro atoms. The lowest BCUT2D eigenvalue weighted by Crippen LogP contribution is -2.40. The third-order valence-corrected chi connectivity index (χ3v) is 8.32.